The van der Waals surface area contributed by atoms with Crippen molar-refractivity contribution in [3.63, 3.8) is 0 Å². The average molecular weight is 359 g/mol. The van der Waals surface area contributed by atoms with E-state index in [-0.39, 0.29) is 0 Å². The van der Waals surface area contributed by atoms with Crippen LogP contribution in [-0.2, 0) is 6.54 Å². The van der Waals surface area contributed by atoms with Gasteiger partial charge in [0.25, 0.3) is 0 Å². The zero-order valence-corrected chi connectivity index (χ0v) is 15.1. The molecule has 2 heterocycles. The highest BCUT2D eigenvalue weighted by Gasteiger charge is 2.11. The van der Waals surface area contributed by atoms with Crippen LogP contribution in [0.25, 0.3) is 11.3 Å². The van der Waals surface area contributed by atoms with Crippen LogP contribution in [0.2, 0.25) is 0 Å². The first-order chi connectivity index (χ1) is 13.2. The molecule has 1 aromatic heterocycles. The Morgan fingerprint density at radius 1 is 1.11 bits per heavy atom. The molecule has 27 heavy (non-hydrogen) atoms. The van der Waals surface area contributed by atoms with Crippen molar-refractivity contribution in [2.24, 2.45) is 0 Å². The number of hydrogen-bond donors (Lipinski definition) is 2. The Morgan fingerprint density at radius 2 is 1.93 bits per heavy atom. The van der Waals surface area contributed by atoms with Gasteiger partial charge in [-0.1, -0.05) is 53.2 Å². The topological polar surface area (TPSA) is 66.2 Å². The van der Waals surface area contributed by atoms with Crippen LogP contribution >= 0.6 is 0 Å². The Balaban J connectivity index is 1.55. The standard InChI is InChI=1S/C21H21N5O/c1-16-6-8-17(9-7-16)14-25-15-21(23-24-25)19-4-2-3-5-20(19)22-18-10-12-26(27)13-11-18/h2-12,15,22,27H,13-14H2,1H3. The van der Waals surface area contributed by atoms with Gasteiger partial charge in [0.2, 0.25) is 0 Å². The summed E-state index contributed by atoms with van der Waals surface area (Å²) >= 11 is 0. The SMILES string of the molecule is Cc1ccc(Cn2cc(-c3ccccc3NC3=CCN(O)C=C3)nn2)cc1. The fraction of sp³-hybridized carbons (Fsp3) is 0.143. The molecule has 3 aromatic rings. The summed E-state index contributed by atoms with van der Waals surface area (Å²) in [5.41, 5.74) is 6.10. The third-order valence-electron chi connectivity index (χ3n) is 4.41. The van der Waals surface area contributed by atoms with E-state index in [4.69, 9.17) is 0 Å². The molecule has 0 saturated heterocycles. The van der Waals surface area contributed by atoms with Crippen LogP contribution in [-0.4, -0.2) is 31.8 Å². The van der Waals surface area contributed by atoms with E-state index >= 15 is 0 Å². The van der Waals surface area contributed by atoms with Crippen molar-refractivity contribution in [2.75, 3.05) is 11.9 Å². The normalized spacial score (nSPS) is 13.6. The molecular weight excluding hydrogens is 338 g/mol. The highest BCUT2D eigenvalue weighted by Crippen LogP contribution is 2.27. The summed E-state index contributed by atoms with van der Waals surface area (Å²) < 4.78 is 1.85. The van der Waals surface area contributed by atoms with Gasteiger partial charge in [0.15, 0.2) is 0 Å². The highest BCUT2D eigenvalue weighted by atomic mass is 16.5. The second-order valence-electron chi connectivity index (χ2n) is 6.55. The van der Waals surface area contributed by atoms with Crippen LogP contribution in [0, 0.1) is 6.92 Å². The zero-order chi connectivity index (χ0) is 18.6. The number of nitrogens with one attached hydrogen (secondary N) is 1. The Labute approximate surface area is 158 Å². The predicted octanol–water partition coefficient (Wildman–Crippen LogP) is 3.82. The van der Waals surface area contributed by atoms with Gasteiger partial charge in [-0.15, -0.1) is 5.10 Å². The van der Waals surface area contributed by atoms with Gasteiger partial charge in [-0.05, 0) is 30.7 Å². The van der Waals surface area contributed by atoms with Gasteiger partial charge < -0.3 is 5.32 Å². The minimum atomic E-state index is 0.452. The summed E-state index contributed by atoms with van der Waals surface area (Å²) in [6.45, 7) is 3.22. The molecule has 0 amide bonds. The van der Waals surface area contributed by atoms with Crippen molar-refractivity contribution < 1.29 is 5.21 Å². The maximum atomic E-state index is 9.42. The smallest absolute Gasteiger partial charge is 0.115 e. The van der Waals surface area contributed by atoms with Crippen LogP contribution in [0.3, 0.4) is 0 Å². The maximum Gasteiger partial charge on any atom is 0.115 e. The molecule has 6 nitrogen and oxygen atoms in total. The first kappa shape index (κ1) is 17.1. The lowest BCUT2D eigenvalue weighted by Crippen LogP contribution is -2.16. The number of hydroxylamine groups is 2. The lowest BCUT2D eigenvalue weighted by Gasteiger charge is -2.17. The Bertz CT molecular complexity index is 988. The van der Waals surface area contributed by atoms with Crippen LogP contribution in [0.15, 0.2) is 78.8 Å². The van der Waals surface area contributed by atoms with Gasteiger partial charge in [0.05, 0.1) is 19.3 Å². The molecule has 0 saturated carbocycles. The Kier molecular flexibility index (Phi) is 4.72. The van der Waals surface area contributed by atoms with Crippen LogP contribution in [0.4, 0.5) is 5.69 Å². The van der Waals surface area contributed by atoms with E-state index in [1.807, 2.05) is 47.3 Å². The van der Waals surface area contributed by atoms with Gasteiger partial charge >= 0.3 is 0 Å². The number of allylic oxidation sites excluding steroid dienone is 1. The second kappa shape index (κ2) is 7.47. The molecule has 136 valence electrons. The molecule has 1 aliphatic rings. The third kappa shape index (κ3) is 4.07. The van der Waals surface area contributed by atoms with Crippen molar-refractivity contribution in [1.82, 2.24) is 20.1 Å². The van der Waals surface area contributed by atoms with E-state index < -0.39 is 0 Å². The molecular formula is C21H21N5O. The van der Waals surface area contributed by atoms with E-state index in [0.717, 1.165) is 27.7 Å². The van der Waals surface area contributed by atoms with Crippen LogP contribution in [0.1, 0.15) is 11.1 Å². The average Bonchev–Trinajstić information content (AvgIpc) is 3.14. The van der Waals surface area contributed by atoms with Gasteiger partial charge in [-0.25, -0.2) is 4.68 Å². The number of aromatic nitrogens is 3. The van der Waals surface area contributed by atoms with E-state index in [9.17, 15) is 5.21 Å². The summed E-state index contributed by atoms with van der Waals surface area (Å²) in [6.07, 6.45) is 7.34. The Hall–Kier alpha value is -3.38. The summed E-state index contributed by atoms with van der Waals surface area (Å²) in [5.74, 6) is 0. The lowest BCUT2D eigenvalue weighted by molar-refractivity contribution is -0.0305. The molecule has 0 radical (unpaired) electrons. The number of rotatable bonds is 5. The minimum absolute atomic E-state index is 0.452. The fourth-order valence-electron chi connectivity index (χ4n) is 2.93. The molecule has 2 N–H and O–H groups in total. The second-order valence-corrected chi connectivity index (χ2v) is 6.55. The first-order valence-corrected chi connectivity index (χ1v) is 8.83. The molecule has 0 unspecified atom stereocenters. The summed E-state index contributed by atoms with van der Waals surface area (Å²) in [4.78, 5) is 0. The monoisotopic (exact) mass is 359 g/mol. The third-order valence-corrected chi connectivity index (χ3v) is 4.41. The summed E-state index contributed by atoms with van der Waals surface area (Å²) in [7, 11) is 0. The van der Waals surface area contributed by atoms with Crippen molar-refractivity contribution >= 4 is 5.69 Å². The number of nitrogens with zero attached hydrogens (tertiary/aromatic N) is 4. The Morgan fingerprint density at radius 3 is 2.70 bits per heavy atom. The van der Waals surface area contributed by atoms with Crippen molar-refractivity contribution in [1.29, 1.82) is 0 Å². The quantitative estimate of drug-likeness (QED) is 0.725. The van der Waals surface area contributed by atoms with Crippen molar-refractivity contribution in [2.45, 2.75) is 13.5 Å². The van der Waals surface area contributed by atoms with Gasteiger partial charge in [-0.3, -0.25) is 10.3 Å². The van der Waals surface area contributed by atoms with E-state index in [2.05, 4.69) is 46.8 Å². The molecule has 4 rings (SSSR count). The van der Waals surface area contributed by atoms with Crippen molar-refractivity contribution in [3.8, 4) is 11.3 Å². The first-order valence-electron chi connectivity index (χ1n) is 8.83. The molecule has 0 fully saturated rings. The van der Waals surface area contributed by atoms with Gasteiger partial charge in [0.1, 0.15) is 5.69 Å². The lowest BCUT2D eigenvalue weighted by atomic mass is 10.1. The molecule has 0 spiro atoms. The molecule has 1 aliphatic heterocycles. The molecule has 0 bridgehead atoms. The number of anilines is 1. The number of aryl methyl sites for hydroxylation is 1. The number of para-hydroxylation sites is 1. The van der Waals surface area contributed by atoms with Gasteiger partial charge in [-0.2, -0.15) is 0 Å². The molecule has 6 heteroatoms. The predicted molar refractivity (Wildman–Crippen MR) is 105 cm³/mol. The van der Waals surface area contributed by atoms with E-state index in [0.29, 0.717) is 13.1 Å². The number of hydrogen-bond acceptors (Lipinski definition) is 5. The molecule has 0 atom stereocenters. The summed E-state index contributed by atoms with van der Waals surface area (Å²) in [6, 6.07) is 16.4. The van der Waals surface area contributed by atoms with E-state index in [1.54, 1.807) is 6.20 Å². The minimum Gasteiger partial charge on any atom is -0.355 e. The highest BCUT2D eigenvalue weighted by molar-refractivity contribution is 5.76. The maximum absolute atomic E-state index is 9.42. The fourth-order valence-corrected chi connectivity index (χ4v) is 2.93. The van der Waals surface area contributed by atoms with Crippen LogP contribution < -0.4 is 5.32 Å². The molecule has 2 aromatic carbocycles. The van der Waals surface area contributed by atoms with E-state index in [1.165, 1.54) is 11.1 Å². The van der Waals surface area contributed by atoms with Crippen LogP contribution in [0.5, 0.6) is 0 Å². The molecule has 0 aliphatic carbocycles. The summed E-state index contributed by atoms with van der Waals surface area (Å²) in [5, 5.41) is 22.6. The zero-order valence-electron chi connectivity index (χ0n) is 15.1. The van der Waals surface area contributed by atoms with Crippen molar-refractivity contribution in [3.05, 3.63) is 89.9 Å². The number of benzene rings is 2. The van der Waals surface area contributed by atoms with Gasteiger partial charge in [0, 0.05) is 23.1 Å². The largest absolute Gasteiger partial charge is 0.355 e.